The van der Waals surface area contributed by atoms with Gasteiger partial charge in [0.15, 0.2) is 17.3 Å². The van der Waals surface area contributed by atoms with E-state index in [2.05, 4.69) is 0 Å². The highest BCUT2D eigenvalue weighted by atomic mass is 16.5. The molecule has 1 heterocycles. The molecule has 0 saturated heterocycles. The van der Waals surface area contributed by atoms with Crippen molar-refractivity contribution in [3.05, 3.63) is 58.9 Å². The number of methoxy groups -OCH3 is 2. The topological polar surface area (TPSA) is 59.6 Å². The average Bonchev–Trinajstić information content (AvgIpc) is 2.83. The predicted octanol–water partition coefficient (Wildman–Crippen LogP) is 2.05. The van der Waals surface area contributed by atoms with E-state index in [1.54, 1.807) is 32.4 Å². The normalized spacial score (nSPS) is 15.0. The maximum absolute atomic E-state index is 12.5. The molecule has 2 aromatic rings. The zero-order valence-electron chi connectivity index (χ0n) is 12.4. The summed E-state index contributed by atoms with van der Waals surface area (Å²) < 4.78 is 11.5. The molecule has 0 aliphatic heterocycles. The Hall–Kier alpha value is -2.82. The average molecular weight is 298 g/mol. The van der Waals surface area contributed by atoms with E-state index in [0.717, 1.165) is 15.9 Å². The molecule has 0 unspecified atom stereocenters. The van der Waals surface area contributed by atoms with Gasteiger partial charge in [-0.3, -0.25) is 10.0 Å². The predicted molar refractivity (Wildman–Crippen MR) is 79.4 cm³/mol. The second-order valence-electron chi connectivity index (χ2n) is 5.05. The van der Waals surface area contributed by atoms with Crippen molar-refractivity contribution < 1.29 is 24.2 Å². The van der Waals surface area contributed by atoms with Crippen LogP contribution in [0.3, 0.4) is 0 Å². The quantitative estimate of drug-likeness (QED) is 0.535. The fourth-order valence-corrected chi connectivity index (χ4v) is 2.58. The first-order valence-electron chi connectivity index (χ1n) is 6.83. The van der Waals surface area contributed by atoms with Crippen LogP contribution in [-0.4, -0.2) is 25.2 Å². The second-order valence-corrected chi connectivity index (χ2v) is 5.05. The van der Waals surface area contributed by atoms with Crippen molar-refractivity contribution in [2.75, 3.05) is 14.2 Å². The van der Waals surface area contributed by atoms with Crippen molar-refractivity contribution >= 4 is 11.9 Å². The zero-order valence-corrected chi connectivity index (χ0v) is 12.4. The summed E-state index contributed by atoms with van der Waals surface area (Å²) in [6.45, 7) is 0. The lowest BCUT2D eigenvalue weighted by atomic mass is 10.1. The number of Topliss-reactive ketones (excluding diaryl/α,β-unsaturated/α-hetero) is 1. The van der Waals surface area contributed by atoms with Gasteiger partial charge in [0.05, 0.1) is 14.2 Å². The molecule has 1 aliphatic rings. The molecule has 0 saturated carbocycles. The molecule has 1 N–H and O–H groups in total. The number of allylic oxidation sites excluding steroid dienone is 1. The van der Waals surface area contributed by atoms with E-state index in [4.69, 9.17) is 9.47 Å². The number of carbonyl (C=O) groups is 1. The summed E-state index contributed by atoms with van der Waals surface area (Å²) in [5, 5.41) is 9.23. The molecule has 5 heteroatoms. The maximum atomic E-state index is 12.5. The fourth-order valence-electron chi connectivity index (χ4n) is 2.58. The Morgan fingerprint density at radius 2 is 1.77 bits per heavy atom. The summed E-state index contributed by atoms with van der Waals surface area (Å²) in [5.41, 5.74) is 3.15. The van der Waals surface area contributed by atoms with Gasteiger partial charge >= 0.3 is 0 Å². The Kier molecular flexibility index (Phi) is 3.55. The van der Waals surface area contributed by atoms with Crippen LogP contribution >= 0.6 is 0 Å². The molecule has 0 amide bonds. The summed E-state index contributed by atoms with van der Waals surface area (Å²) in [6, 6.07) is 7.05. The Labute approximate surface area is 128 Å². The van der Waals surface area contributed by atoms with Crippen LogP contribution in [0, 0.1) is 0 Å². The van der Waals surface area contributed by atoms with E-state index in [-0.39, 0.29) is 5.78 Å². The first-order valence-corrected chi connectivity index (χ1v) is 6.83. The minimum Gasteiger partial charge on any atom is -0.493 e. The highest BCUT2D eigenvalue weighted by molar-refractivity contribution is 6.15. The van der Waals surface area contributed by atoms with Gasteiger partial charge in [-0.2, -0.15) is 0 Å². The molecule has 0 radical (unpaired) electrons. The molecule has 1 aliphatic carbocycles. The van der Waals surface area contributed by atoms with Crippen LogP contribution in [0.1, 0.15) is 21.5 Å². The minimum atomic E-state index is -0.00307. The van der Waals surface area contributed by atoms with Crippen LogP contribution in [0.25, 0.3) is 6.08 Å². The number of aromatic nitrogens is 1. The third kappa shape index (κ3) is 2.41. The Morgan fingerprint density at radius 3 is 2.41 bits per heavy atom. The van der Waals surface area contributed by atoms with Crippen LogP contribution < -0.4 is 14.2 Å². The number of pyridine rings is 1. The molecule has 1 aromatic heterocycles. The van der Waals surface area contributed by atoms with Gasteiger partial charge in [-0.1, -0.05) is 0 Å². The zero-order chi connectivity index (χ0) is 15.7. The fraction of sp³-hybridized carbons (Fsp3) is 0.176. The maximum Gasteiger partial charge on any atom is 0.222 e. The van der Waals surface area contributed by atoms with Gasteiger partial charge in [-0.15, -0.1) is 0 Å². The number of benzene rings is 1. The first kappa shape index (κ1) is 14.1. The molecule has 0 spiro atoms. The number of hydrogen-bond donors (Lipinski definition) is 1. The Morgan fingerprint density at radius 1 is 1.14 bits per heavy atom. The molecular formula is C17H16NO4+. The van der Waals surface area contributed by atoms with E-state index in [1.165, 1.54) is 12.4 Å². The summed E-state index contributed by atoms with van der Waals surface area (Å²) in [4.78, 5) is 12.5. The van der Waals surface area contributed by atoms with Gasteiger partial charge in [-0.05, 0) is 29.3 Å². The number of nitrogens with zero attached hydrogens (tertiary/aromatic N) is 1. The van der Waals surface area contributed by atoms with E-state index >= 15 is 0 Å². The second kappa shape index (κ2) is 5.52. The molecular weight excluding hydrogens is 282 g/mol. The van der Waals surface area contributed by atoms with Gasteiger partial charge in [0, 0.05) is 34.4 Å². The number of rotatable bonds is 3. The first-order chi connectivity index (χ1) is 10.6. The smallest absolute Gasteiger partial charge is 0.222 e. The van der Waals surface area contributed by atoms with Crippen molar-refractivity contribution in [2.24, 2.45) is 0 Å². The highest BCUT2D eigenvalue weighted by Crippen LogP contribution is 2.36. The van der Waals surface area contributed by atoms with E-state index in [9.17, 15) is 10.0 Å². The summed E-state index contributed by atoms with van der Waals surface area (Å²) in [7, 11) is 3.13. The van der Waals surface area contributed by atoms with Crippen LogP contribution in [0.2, 0.25) is 0 Å². The van der Waals surface area contributed by atoms with Crippen molar-refractivity contribution in [2.45, 2.75) is 6.42 Å². The molecule has 112 valence electrons. The highest BCUT2D eigenvalue weighted by Gasteiger charge is 2.27. The minimum absolute atomic E-state index is 0.00307. The number of fused-ring (bicyclic) bond motifs is 1. The Bertz CT molecular complexity index is 763. The SMILES string of the molecule is COc1cc2c(cc1OC)C(=O)C(=Cc1cc[n+](O)cc1)C2. The molecule has 0 fully saturated rings. The summed E-state index contributed by atoms with van der Waals surface area (Å²) >= 11 is 0. The number of hydrogen-bond acceptors (Lipinski definition) is 4. The Balaban J connectivity index is 1.98. The monoisotopic (exact) mass is 298 g/mol. The summed E-state index contributed by atoms with van der Waals surface area (Å²) in [5.74, 6) is 1.17. The third-order valence-corrected chi connectivity index (χ3v) is 3.71. The van der Waals surface area contributed by atoms with Crippen LogP contribution in [-0.2, 0) is 6.42 Å². The number of carbonyl (C=O) groups excluding carboxylic acids is 1. The van der Waals surface area contributed by atoms with E-state index in [1.807, 2.05) is 12.1 Å². The van der Waals surface area contributed by atoms with E-state index in [0.29, 0.717) is 29.1 Å². The van der Waals surface area contributed by atoms with Crippen molar-refractivity contribution in [1.29, 1.82) is 0 Å². The lowest BCUT2D eigenvalue weighted by Crippen LogP contribution is -2.27. The molecule has 3 rings (SSSR count). The van der Waals surface area contributed by atoms with E-state index < -0.39 is 0 Å². The van der Waals surface area contributed by atoms with Crippen LogP contribution in [0.15, 0.2) is 42.2 Å². The molecule has 0 atom stereocenters. The number of ketones is 1. The molecule has 1 aromatic carbocycles. The van der Waals surface area contributed by atoms with Gasteiger partial charge in [0.25, 0.3) is 0 Å². The lowest BCUT2D eigenvalue weighted by molar-refractivity contribution is -0.904. The van der Waals surface area contributed by atoms with Gasteiger partial charge < -0.3 is 9.47 Å². The molecule has 5 nitrogen and oxygen atoms in total. The molecule has 0 bridgehead atoms. The van der Waals surface area contributed by atoms with Gasteiger partial charge in [0.2, 0.25) is 12.4 Å². The number of ether oxygens (including phenoxy) is 2. The third-order valence-electron chi connectivity index (χ3n) is 3.71. The largest absolute Gasteiger partial charge is 0.493 e. The van der Waals surface area contributed by atoms with Crippen molar-refractivity contribution in [3.8, 4) is 11.5 Å². The van der Waals surface area contributed by atoms with Crippen LogP contribution in [0.4, 0.5) is 0 Å². The standard InChI is InChI=1S/C17H16NO4/c1-21-15-9-12-8-13(7-11-3-5-18(20)6-4-11)17(19)14(12)10-16(15)22-2/h3-7,9-10,20H,8H2,1-2H3/q+1. The lowest BCUT2D eigenvalue weighted by Gasteiger charge is -2.08. The van der Waals surface area contributed by atoms with Gasteiger partial charge in [-0.25, -0.2) is 0 Å². The van der Waals surface area contributed by atoms with Gasteiger partial charge in [0.1, 0.15) is 0 Å². The molecule has 22 heavy (non-hydrogen) atoms. The van der Waals surface area contributed by atoms with Crippen LogP contribution in [0.5, 0.6) is 11.5 Å². The van der Waals surface area contributed by atoms with Crippen molar-refractivity contribution in [3.63, 3.8) is 0 Å². The summed E-state index contributed by atoms with van der Waals surface area (Å²) in [6.07, 6.45) is 5.43. The van der Waals surface area contributed by atoms with Crippen molar-refractivity contribution in [1.82, 2.24) is 0 Å².